The number of aliphatic hydroxyl groups is 1. The summed E-state index contributed by atoms with van der Waals surface area (Å²) in [6.45, 7) is 0. The molecule has 0 heterocycles. The van der Waals surface area contributed by atoms with Crippen LogP contribution in [-0.2, 0) is 0 Å². The van der Waals surface area contributed by atoms with Crippen LogP contribution in [0.15, 0.2) is 0 Å². The second-order valence-electron chi connectivity index (χ2n) is 4.63. The Balaban J connectivity index is 1.67. The zero-order valence-corrected chi connectivity index (χ0v) is 8.18. The van der Waals surface area contributed by atoms with Gasteiger partial charge in [0.25, 0.3) is 5.92 Å². The summed E-state index contributed by atoms with van der Waals surface area (Å²) in [6.07, 6.45) is 3.27. The van der Waals surface area contributed by atoms with E-state index in [-0.39, 0.29) is 25.0 Å². The molecular formula is C10H17F2NO. The van der Waals surface area contributed by atoms with Gasteiger partial charge in [-0.25, -0.2) is 8.78 Å². The molecule has 0 atom stereocenters. The summed E-state index contributed by atoms with van der Waals surface area (Å²) in [5.41, 5.74) is 0. The molecule has 2 fully saturated rings. The molecule has 0 bridgehead atoms. The Hall–Kier alpha value is -0.220. The SMILES string of the molecule is OC1CCC(NC2CC(F)(F)C2)CC1. The molecule has 82 valence electrons. The number of halogens is 2. The Morgan fingerprint density at radius 2 is 1.57 bits per heavy atom. The van der Waals surface area contributed by atoms with Crippen molar-refractivity contribution < 1.29 is 13.9 Å². The van der Waals surface area contributed by atoms with E-state index in [2.05, 4.69) is 5.32 Å². The van der Waals surface area contributed by atoms with Gasteiger partial charge in [-0.15, -0.1) is 0 Å². The monoisotopic (exact) mass is 205 g/mol. The van der Waals surface area contributed by atoms with E-state index in [4.69, 9.17) is 0 Å². The van der Waals surface area contributed by atoms with Gasteiger partial charge in [-0.1, -0.05) is 0 Å². The molecule has 0 aliphatic heterocycles. The fourth-order valence-electron chi connectivity index (χ4n) is 2.35. The van der Waals surface area contributed by atoms with Crippen LogP contribution in [-0.4, -0.2) is 29.2 Å². The maximum Gasteiger partial charge on any atom is 0.251 e. The average molecular weight is 205 g/mol. The Morgan fingerprint density at radius 3 is 2.07 bits per heavy atom. The lowest BCUT2D eigenvalue weighted by atomic mass is 9.85. The van der Waals surface area contributed by atoms with Crippen LogP contribution in [0.4, 0.5) is 8.78 Å². The van der Waals surface area contributed by atoms with Gasteiger partial charge in [0.15, 0.2) is 0 Å². The lowest BCUT2D eigenvalue weighted by molar-refractivity contribution is -0.0960. The third kappa shape index (κ3) is 2.42. The summed E-state index contributed by atoms with van der Waals surface area (Å²) >= 11 is 0. The number of rotatable bonds is 2. The largest absolute Gasteiger partial charge is 0.393 e. The van der Waals surface area contributed by atoms with Crippen molar-refractivity contribution >= 4 is 0 Å². The molecule has 0 aromatic heterocycles. The molecule has 0 unspecified atom stereocenters. The normalized spacial score (nSPS) is 37.9. The summed E-state index contributed by atoms with van der Waals surface area (Å²) in [6, 6.07) is 0.352. The molecule has 2 N–H and O–H groups in total. The van der Waals surface area contributed by atoms with E-state index in [0.29, 0.717) is 6.04 Å². The molecule has 2 aliphatic rings. The molecule has 0 spiro atoms. The van der Waals surface area contributed by atoms with Crippen LogP contribution in [0.1, 0.15) is 38.5 Å². The lowest BCUT2D eigenvalue weighted by Crippen LogP contribution is -2.52. The highest BCUT2D eigenvalue weighted by atomic mass is 19.3. The second kappa shape index (κ2) is 3.74. The third-order valence-electron chi connectivity index (χ3n) is 3.26. The maximum atomic E-state index is 12.5. The topological polar surface area (TPSA) is 32.3 Å². The van der Waals surface area contributed by atoms with Crippen LogP contribution < -0.4 is 5.32 Å². The van der Waals surface area contributed by atoms with Crippen molar-refractivity contribution in [2.24, 2.45) is 0 Å². The first-order chi connectivity index (χ1) is 6.55. The molecule has 0 aromatic carbocycles. The molecule has 2 aliphatic carbocycles. The molecular weight excluding hydrogens is 188 g/mol. The predicted octanol–water partition coefficient (Wildman–Crippen LogP) is 1.68. The van der Waals surface area contributed by atoms with Gasteiger partial charge in [0.1, 0.15) is 0 Å². The fraction of sp³-hybridized carbons (Fsp3) is 1.00. The highest BCUT2D eigenvalue weighted by Gasteiger charge is 2.45. The minimum absolute atomic E-state index is 0.00485. The lowest BCUT2D eigenvalue weighted by Gasteiger charge is -2.39. The van der Waals surface area contributed by atoms with Gasteiger partial charge in [-0.05, 0) is 25.7 Å². The third-order valence-corrected chi connectivity index (χ3v) is 3.26. The second-order valence-corrected chi connectivity index (χ2v) is 4.63. The zero-order chi connectivity index (χ0) is 10.2. The van der Waals surface area contributed by atoms with Crippen molar-refractivity contribution in [1.29, 1.82) is 0 Å². The Bertz CT molecular complexity index is 194. The van der Waals surface area contributed by atoms with Crippen molar-refractivity contribution in [1.82, 2.24) is 5.32 Å². The molecule has 2 nitrogen and oxygen atoms in total. The van der Waals surface area contributed by atoms with E-state index < -0.39 is 5.92 Å². The first-order valence-electron chi connectivity index (χ1n) is 5.37. The van der Waals surface area contributed by atoms with E-state index in [0.717, 1.165) is 25.7 Å². The van der Waals surface area contributed by atoms with Crippen LogP contribution in [0.25, 0.3) is 0 Å². The minimum atomic E-state index is -2.42. The molecule has 2 saturated carbocycles. The number of hydrogen-bond acceptors (Lipinski definition) is 2. The molecule has 0 saturated heterocycles. The van der Waals surface area contributed by atoms with E-state index >= 15 is 0 Å². The van der Waals surface area contributed by atoms with E-state index in [9.17, 15) is 13.9 Å². The average Bonchev–Trinajstić information content (AvgIpc) is 2.06. The molecule has 0 amide bonds. The molecule has 0 aromatic rings. The number of hydrogen-bond donors (Lipinski definition) is 2. The summed E-state index contributed by atoms with van der Waals surface area (Å²) in [5, 5.41) is 12.5. The van der Waals surface area contributed by atoms with Crippen molar-refractivity contribution in [3.63, 3.8) is 0 Å². The highest BCUT2D eigenvalue weighted by Crippen LogP contribution is 2.38. The maximum absolute atomic E-state index is 12.5. The summed E-state index contributed by atoms with van der Waals surface area (Å²) in [7, 11) is 0. The van der Waals surface area contributed by atoms with E-state index in [1.165, 1.54) is 0 Å². The van der Waals surface area contributed by atoms with Crippen LogP contribution in [0.5, 0.6) is 0 Å². The van der Waals surface area contributed by atoms with Crippen molar-refractivity contribution in [2.75, 3.05) is 0 Å². The fourth-order valence-corrected chi connectivity index (χ4v) is 2.35. The molecule has 4 heteroatoms. The van der Waals surface area contributed by atoms with Crippen LogP contribution in [0.3, 0.4) is 0 Å². The van der Waals surface area contributed by atoms with Crippen LogP contribution in [0, 0.1) is 0 Å². The van der Waals surface area contributed by atoms with Crippen LogP contribution >= 0.6 is 0 Å². The first-order valence-corrected chi connectivity index (χ1v) is 5.37. The number of alkyl halides is 2. The predicted molar refractivity (Wildman–Crippen MR) is 49.4 cm³/mol. The van der Waals surface area contributed by atoms with Gasteiger partial charge < -0.3 is 10.4 Å². The van der Waals surface area contributed by atoms with Gasteiger partial charge in [0, 0.05) is 24.9 Å². The molecule has 14 heavy (non-hydrogen) atoms. The Morgan fingerprint density at radius 1 is 1.00 bits per heavy atom. The van der Waals surface area contributed by atoms with Gasteiger partial charge in [0.2, 0.25) is 0 Å². The summed E-state index contributed by atoms with van der Waals surface area (Å²) < 4.78 is 25.0. The van der Waals surface area contributed by atoms with Crippen molar-refractivity contribution in [2.45, 2.75) is 62.6 Å². The number of nitrogens with one attached hydrogen (secondary N) is 1. The van der Waals surface area contributed by atoms with E-state index in [1.54, 1.807) is 0 Å². The molecule has 2 rings (SSSR count). The Labute approximate surface area is 82.7 Å². The smallest absolute Gasteiger partial charge is 0.251 e. The van der Waals surface area contributed by atoms with Crippen molar-refractivity contribution in [3.05, 3.63) is 0 Å². The van der Waals surface area contributed by atoms with E-state index in [1.807, 2.05) is 0 Å². The summed E-state index contributed by atoms with van der Waals surface area (Å²) in [4.78, 5) is 0. The number of aliphatic hydroxyl groups excluding tert-OH is 1. The quantitative estimate of drug-likeness (QED) is 0.718. The van der Waals surface area contributed by atoms with Crippen molar-refractivity contribution in [3.8, 4) is 0 Å². The zero-order valence-electron chi connectivity index (χ0n) is 8.18. The standard InChI is InChI=1S/C10H17F2NO/c11-10(12)5-8(6-10)13-7-1-3-9(14)4-2-7/h7-9,13-14H,1-6H2. The Kier molecular flexibility index (Phi) is 2.75. The van der Waals surface area contributed by atoms with Gasteiger partial charge in [-0.2, -0.15) is 0 Å². The van der Waals surface area contributed by atoms with Crippen LogP contribution in [0.2, 0.25) is 0 Å². The van der Waals surface area contributed by atoms with Gasteiger partial charge >= 0.3 is 0 Å². The highest BCUT2D eigenvalue weighted by molar-refractivity contribution is 4.93. The molecule has 0 radical (unpaired) electrons. The van der Waals surface area contributed by atoms with Gasteiger partial charge in [0.05, 0.1) is 6.10 Å². The van der Waals surface area contributed by atoms with Gasteiger partial charge in [-0.3, -0.25) is 0 Å². The first kappa shape index (κ1) is 10.3. The summed E-state index contributed by atoms with van der Waals surface area (Å²) in [5.74, 6) is -2.42. The minimum Gasteiger partial charge on any atom is -0.393 e.